The summed E-state index contributed by atoms with van der Waals surface area (Å²) in [5.74, 6) is -0.927. The van der Waals surface area contributed by atoms with E-state index in [4.69, 9.17) is 11.6 Å². The number of halogens is 4. The van der Waals surface area contributed by atoms with Crippen LogP contribution in [0.4, 0.5) is 24.5 Å². The Morgan fingerprint density at radius 2 is 1.77 bits per heavy atom. The molecule has 0 radical (unpaired) electrons. The van der Waals surface area contributed by atoms with Gasteiger partial charge >= 0.3 is 6.18 Å². The molecule has 3 N–H and O–H groups in total. The number of carbonyl (C=O) groups is 2. The van der Waals surface area contributed by atoms with Gasteiger partial charge in [-0.1, -0.05) is 23.7 Å². The smallest absolute Gasteiger partial charge is 0.417 e. The second-order valence-electron chi connectivity index (χ2n) is 7.30. The van der Waals surface area contributed by atoms with Gasteiger partial charge in [0.2, 0.25) is 11.8 Å². The van der Waals surface area contributed by atoms with Crippen molar-refractivity contribution in [3.8, 4) is 5.75 Å². The van der Waals surface area contributed by atoms with Crippen LogP contribution in [-0.2, 0) is 15.8 Å². The molecule has 10 heteroatoms. The number of phenolic OH excluding ortho intramolecular Hbond substituents is 1. The molecular weight excluding hydrogens is 435 g/mol. The van der Waals surface area contributed by atoms with Crippen molar-refractivity contribution in [2.45, 2.75) is 19.0 Å². The number of nitrogens with one attached hydrogen (secondary N) is 2. The lowest BCUT2D eigenvalue weighted by Crippen LogP contribution is -2.41. The number of piperidine rings is 1. The minimum atomic E-state index is -4.61. The van der Waals surface area contributed by atoms with E-state index in [9.17, 15) is 27.9 Å². The number of alkyl halides is 3. The number of benzene rings is 2. The molecular formula is C21H21ClF3N3O3. The van der Waals surface area contributed by atoms with Crippen LogP contribution >= 0.6 is 11.6 Å². The highest BCUT2D eigenvalue weighted by molar-refractivity contribution is 6.31. The first kappa shape index (κ1) is 22.9. The van der Waals surface area contributed by atoms with Crippen LogP contribution in [0.1, 0.15) is 18.4 Å². The highest BCUT2D eigenvalue weighted by Gasteiger charge is 2.33. The topological polar surface area (TPSA) is 81.7 Å². The van der Waals surface area contributed by atoms with Crippen LogP contribution in [0.2, 0.25) is 5.02 Å². The molecule has 6 nitrogen and oxygen atoms in total. The largest absolute Gasteiger partial charge is 0.506 e. The number of rotatable bonds is 5. The van der Waals surface area contributed by atoms with Crippen molar-refractivity contribution in [2.75, 3.05) is 30.3 Å². The Labute approximate surface area is 182 Å². The van der Waals surface area contributed by atoms with E-state index in [0.717, 1.165) is 12.1 Å². The highest BCUT2D eigenvalue weighted by atomic mass is 35.5. The molecule has 0 unspecified atom stereocenters. The number of anilines is 2. The van der Waals surface area contributed by atoms with Gasteiger partial charge in [0.25, 0.3) is 0 Å². The number of amides is 2. The second kappa shape index (κ2) is 9.57. The van der Waals surface area contributed by atoms with Crippen molar-refractivity contribution in [1.29, 1.82) is 0 Å². The number of para-hydroxylation sites is 2. The number of likely N-dealkylation sites (tertiary alicyclic amines) is 1. The molecule has 1 heterocycles. The number of carbonyl (C=O) groups excluding carboxylic acids is 2. The van der Waals surface area contributed by atoms with E-state index in [1.807, 2.05) is 4.90 Å². The summed E-state index contributed by atoms with van der Waals surface area (Å²) in [4.78, 5) is 26.5. The van der Waals surface area contributed by atoms with E-state index in [-0.39, 0.29) is 29.8 Å². The number of hydrogen-bond donors (Lipinski definition) is 3. The molecule has 166 valence electrons. The predicted molar refractivity (Wildman–Crippen MR) is 111 cm³/mol. The lowest BCUT2D eigenvalue weighted by molar-refractivity contribution is -0.137. The van der Waals surface area contributed by atoms with Gasteiger partial charge in [0.1, 0.15) is 5.75 Å². The molecule has 2 aromatic carbocycles. The summed E-state index contributed by atoms with van der Waals surface area (Å²) < 4.78 is 38.8. The van der Waals surface area contributed by atoms with E-state index in [2.05, 4.69) is 10.6 Å². The van der Waals surface area contributed by atoms with Gasteiger partial charge < -0.3 is 15.7 Å². The zero-order valence-electron chi connectivity index (χ0n) is 16.4. The van der Waals surface area contributed by atoms with Crippen molar-refractivity contribution < 1.29 is 27.9 Å². The fraction of sp³-hybridized carbons (Fsp3) is 0.333. The van der Waals surface area contributed by atoms with Gasteiger partial charge in [0.05, 0.1) is 22.8 Å². The first-order valence-electron chi connectivity index (χ1n) is 9.61. The molecule has 3 rings (SSSR count). The van der Waals surface area contributed by atoms with Gasteiger partial charge in [-0.25, -0.2) is 0 Å². The van der Waals surface area contributed by atoms with Crippen molar-refractivity contribution in [3.63, 3.8) is 0 Å². The first-order chi connectivity index (χ1) is 14.6. The normalized spacial score (nSPS) is 15.5. The Hall–Kier alpha value is -2.78. The molecule has 0 bridgehead atoms. The maximum atomic E-state index is 12.9. The highest BCUT2D eigenvalue weighted by Crippen LogP contribution is 2.36. The molecule has 2 aromatic rings. The Bertz CT molecular complexity index is 960. The molecule has 31 heavy (non-hydrogen) atoms. The lowest BCUT2D eigenvalue weighted by atomic mass is 9.95. The summed E-state index contributed by atoms with van der Waals surface area (Å²) >= 11 is 5.58. The Balaban J connectivity index is 1.49. The van der Waals surface area contributed by atoms with Crippen molar-refractivity contribution >= 4 is 34.8 Å². The molecule has 0 aliphatic carbocycles. The summed E-state index contributed by atoms with van der Waals surface area (Å²) in [6.07, 6.45) is -3.57. The van der Waals surface area contributed by atoms with E-state index in [0.29, 0.717) is 31.6 Å². The van der Waals surface area contributed by atoms with E-state index in [1.165, 1.54) is 12.1 Å². The fourth-order valence-corrected chi connectivity index (χ4v) is 3.62. The Morgan fingerprint density at radius 3 is 2.42 bits per heavy atom. The Morgan fingerprint density at radius 1 is 1.10 bits per heavy atom. The summed E-state index contributed by atoms with van der Waals surface area (Å²) in [5.41, 5.74) is -0.655. The summed E-state index contributed by atoms with van der Waals surface area (Å²) in [6.45, 7) is 0.971. The third kappa shape index (κ3) is 6.11. The minimum Gasteiger partial charge on any atom is -0.506 e. The standard InChI is InChI=1S/C21H21ClF3N3O3/c22-16-6-5-14(11-15(16)21(23,24)25)26-19(30)12-28-9-7-13(8-10-28)20(31)27-17-3-1-2-4-18(17)29/h1-6,11,13,29H,7-10,12H2,(H,26,30)(H,27,31). The molecule has 0 saturated carbocycles. The summed E-state index contributed by atoms with van der Waals surface area (Å²) in [5, 5.41) is 14.5. The zero-order valence-corrected chi connectivity index (χ0v) is 17.1. The van der Waals surface area contributed by atoms with Gasteiger partial charge in [-0.3, -0.25) is 14.5 Å². The molecule has 0 aromatic heterocycles. The number of nitrogens with zero attached hydrogens (tertiary/aromatic N) is 1. The fourth-order valence-electron chi connectivity index (χ4n) is 3.39. The summed E-state index contributed by atoms with van der Waals surface area (Å²) in [6, 6.07) is 9.65. The van der Waals surface area contributed by atoms with Crippen LogP contribution in [-0.4, -0.2) is 41.5 Å². The minimum absolute atomic E-state index is 0.00219. The average Bonchev–Trinajstić information content (AvgIpc) is 2.71. The summed E-state index contributed by atoms with van der Waals surface area (Å²) in [7, 11) is 0. The average molecular weight is 456 g/mol. The predicted octanol–water partition coefficient (Wildman–Crippen LogP) is 4.35. The molecule has 1 aliphatic heterocycles. The maximum absolute atomic E-state index is 12.9. The molecule has 1 aliphatic rings. The van der Waals surface area contributed by atoms with Crippen molar-refractivity contribution in [3.05, 3.63) is 53.1 Å². The maximum Gasteiger partial charge on any atom is 0.417 e. The van der Waals surface area contributed by atoms with E-state index >= 15 is 0 Å². The van der Waals surface area contributed by atoms with Crippen LogP contribution < -0.4 is 10.6 Å². The first-order valence-corrected chi connectivity index (χ1v) is 9.99. The van der Waals surface area contributed by atoms with E-state index < -0.39 is 22.7 Å². The molecule has 2 amide bonds. The molecule has 1 fully saturated rings. The monoisotopic (exact) mass is 455 g/mol. The zero-order chi connectivity index (χ0) is 22.6. The molecule has 1 saturated heterocycles. The Kier molecular flexibility index (Phi) is 7.07. The van der Waals surface area contributed by atoms with Gasteiger partial charge in [0, 0.05) is 11.6 Å². The van der Waals surface area contributed by atoms with Crippen molar-refractivity contribution in [2.24, 2.45) is 5.92 Å². The lowest BCUT2D eigenvalue weighted by Gasteiger charge is -2.30. The second-order valence-corrected chi connectivity index (χ2v) is 7.70. The van der Waals surface area contributed by atoms with Crippen molar-refractivity contribution in [1.82, 2.24) is 4.90 Å². The molecule has 0 atom stereocenters. The van der Waals surface area contributed by atoms with Crippen LogP contribution in [0.25, 0.3) is 0 Å². The quantitative estimate of drug-likeness (QED) is 0.585. The SMILES string of the molecule is O=C(CN1CCC(C(=O)Nc2ccccc2O)CC1)Nc1ccc(Cl)c(C(F)(F)F)c1. The van der Waals surface area contributed by atoms with Gasteiger partial charge in [0.15, 0.2) is 0 Å². The number of hydrogen-bond acceptors (Lipinski definition) is 4. The van der Waals surface area contributed by atoms with E-state index in [1.54, 1.807) is 18.2 Å². The van der Waals surface area contributed by atoms with Gasteiger partial charge in [-0.05, 0) is 56.3 Å². The van der Waals surface area contributed by atoms with Crippen LogP contribution in [0.3, 0.4) is 0 Å². The molecule has 0 spiro atoms. The van der Waals surface area contributed by atoms with Gasteiger partial charge in [-0.15, -0.1) is 0 Å². The van der Waals surface area contributed by atoms with Gasteiger partial charge in [-0.2, -0.15) is 13.2 Å². The third-order valence-corrected chi connectivity index (χ3v) is 5.37. The number of aromatic hydroxyl groups is 1. The van der Waals surface area contributed by atoms with Crippen LogP contribution in [0.5, 0.6) is 5.75 Å². The third-order valence-electron chi connectivity index (χ3n) is 5.04. The number of phenols is 1. The van der Waals surface area contributed by atoms with Crippen LogP contribution in [0, 0.1) is 5.92 Å². The van der Waals surface area contributed by atoms with Crippen LogP contribution in [0.15, 0.2) is 42.5 Å².